The molecule has 2 N–H and O–H groups in total. The van der Waals surface area contributed by atoms with Crippen molar-refractivity contribution in [2.75, 3.05) is 34.4 Å². The molecule has 0 saturated carbocycles. The van der Waals surface area contributed by atoms with Crippen LogP contribution in [0.15, 0.2) is 36.4 Å². The van der Waals surface area contributed by atoms with Gasteiger partial charge in [0.15, 0.2) is 11.5 Å². The highest BCUT2D eigenvalue weighted by atomic mass is 16.5. The zero-order chi connectivity index (χ0) is 23.3. The molecule has 0 saturated heterocycles. The van der Waals surface area contributed by atoms with Gasteiger partial charge in [-0.25, -0.2) is 4.79 Å². The first-order valence-corrected chi connectivity index (χ1v) is 10.6. The summed E-state index contributed by atoms with van der Waals surface area (Å²) in [6, 6.07) is 10.3. The lowest BCUT2D eigenvalue weighted by molar-refractivity contribution is 0.0933. The maximum absolute atomic E-state index is 12.9. The number of hydrogen-bond acceptors (Lipinski definition) is 5. The van der Waals surface area contributed by atoms with E-state index in [4.69, 9.17) is 14.2 Å². The van der Waals surface area contributed by atoms with Crippen LogP contribution in [0.2, 0.25) is 0 Å². The lowest BCUT2D eigenvalue weighted by Gasteiger charge is -2.38. The predicted octanol–water partition coefficient (Wildman–Crippen LogP) is 3.16. The van der Waals surface area contributed by atoms with Crippen LogP contribution in [0.3, 0.4) is 0 Å². The molecule has 3 rings (SSSR count). The molecule has 1 atom stereocenters. The van der Waals surface area contributed by atoms with Gasteiger partial charge in [0.05, 0.1) is 27.4 Å². The van der Waals surface area contributed by atoms with Crippen LogP contribution in [0.1, 0.15) is 41.4 Å². The van der Waals surface area contributed by atoms with E-state index in [1.165, 1.54) is 0 Å². The van der Waals surface area contributed by atoms with E-state index in [0.29, 0.717) is 35.8 Å². The molecule has 0 bridgehead atoms. The third-order valence-corrected chi connectivity index (χ3v) is 5.46. The van der Waals surface area contributed by atoms with Crippen molar-refractivity contribution in [1.29, 1.82) is 0 Å². The van der Waals surface area contributed by atoms with Gasteiger partial charge in [0.25, 0.3) is 5.91 Å². The SMILES string of the molecule is COc1cccc(C(=O)NC[C@@H]2c3cc(OC)c(OC)cc3CCN2C(=O)NC(C)C)c1. The molecule has 2 aromatic rings. The van der Waals surface area contributed by atoms with Crippen molar-refractivity contribution in [1.82, 2.24) is 15.5 Å². The molecule has 0 aliphatic carbocycles. The second kappa shape index (κ2) is 10.3. The summed E-state index contributed by atoms with van der Waals surface area (Å²) in [7, 11) is 4.74. The Kier molecular flexibility index (Phi) is 7.45. The lowest BCUT2D eigenvalue weighted by atomic mass is 9.91. The van der Waals surface area contributed by atoms with Crippen molar-refractivity contribution in [3.8, 4) is 17.2 Å². The van der Waals surface area contributed by atoms with Gasteiger partial charge in [-0.3, -0.25) is 4.79 Å². The number of methoxy groups -OCH3 is 3. The molecule has 0 unspecified atom stereocenters. The third-order valence-electron chi connectivity index (χ3n) is 5.46. The molecule has 3 amide bonds. The molecule has 8 nitrogen and oxygen atoms in total. The number of carbonyl (C=O) groups is 2. The lowest BCUT2D eigenvalue weighted by Crippen LogP contribution is -2.50. The minimum Gasteiger partial charge on any atom is -0.497 e. The molecule has 1 heterocycles. The van der Waals surface area contributed by atoms with E-state index in [1.807, 2.05) is 26.0 Å². The fraction of sp³-hybridized carbons (Fsp3) is 0.417. The standard InChI is InChI=1S/C24H31N3O5/c1-15(2)26-24(29)27-10-9-16-12-21(31-4)22(32-5)13-19(16)20(27)14-25-23(28)17-7-6-8-18(11-17)30-3/h6-8,11-13,15,20H,9-10,14H2,1-5H3,(H,25,28)(H,26,29)/t20-/m1/s1. The zero-order valence-corrected chi connectivity index (χ0v) is 19.2. The van der Waals surface area contributed by atoms with Crippen LogP contribution >= 0.6 is 0 Å². The first-order chi connectivity index (χ1) is 15.4. The number of hydrogen-bond donors (Lipinski definition) is 2. The van der Waals surface area contributed by atoms with Crippen LogP contribution < -0.4 is 24.8 Å². The minimum atomic E-state index is -0.355. The van der Waals surface area contributed by atoms with E-state index in [2.05, 4.69) is 10.6 Å². The summed E-state index contributed by atoms with van der Waals surface area (Å²) in [5.74, 6) is 1.60. The highest BCUT2D eigenvalue weighted by Crippen LogP contribution is 2.38. The van der Waals surface area contributed by atoms with E-state index in [0.717, 1.165) is 11.1 Å². The quantitative estimate of drug-likeness (QED) is 0.689. The summed E-state index contributed by atoms with van der Waals surface area (Å²) >= 11 is 0. The summed E-state index contributed by atoms with van der Waals surface area (Å²) < 4.78 is 16.1. The van der Waals surface area contributed by atoms with Crippen molar-refractivity contribution >= 4 is 11.9 Å². The van der Waals surface area contributed by atoms with Gasteiger partial charge in [-0.2, -0.15) is 0 Å². The van der Waals surface area contributed by atoms with Crippen LogP contribution in [0.25, 0.3) is 0 Å². The number of amides is 3. The summed E-state index contributed by atoms with van der Waals surface area (Å²) in [6.45, 7) is 4.62. The summed E-state index contributed by atoms with van der Waals surface area (Å²) in [6.07, 6.45) is 0.682. The number of rotatable bonds is 7. The van der Waals surface area contributed by atoms with Crippen molar-refractivity contribution in [3.63, 3.8) is 0 Å². The monoisotopic (exact) mass is 441 g/mol. The Labute approximate surface area is 188 Å². The topological polar surface area (TPSA) is 89.1 Å². The molecule has 1 aliphatic rings. The Morgan fingerprint density at radius 2 is 1.78 bits per heavy atom. The fourth-order valence-corrected chi connectivity index (χ4v) is 3.88. The van der Waals surface area contributed by atoms with Gasteiger partial charge >= 0.3 is 6.03 Å². The van der Waals surface area contributed by atoms with Gasteiger partial charge in [-0.05, 0) is 61.7 Å². The number of carbonyl (C=O) groups excluding carboxylic acids is 2. The Hall–Kier alpha value is -3.42. The van der Waals surface area contributed by atoms with Gasteiger partial charge in [0.2, 0.25) is 0 Å². The zero-order valence-electron chi connectivity index (χ0n) is 19.2. The first kappa shape index (κ1) is 23.2. The predicted molar refractivity (Wildman–Crippen MR) is 122 cm³/mol. The second-order valence-corrected chi connectivity index (χ2v) is 7.91. The van der Waals surface area contributed by atoms with Crippen LogP contribution in [-0.4, -0.2) is 57.3 Å². The van der Waals surface area contributed by atoms with Crippen molar-refractivity contribution < 1.29 is 23.8 Å². The van der Waals surface area contributed by atoms with E-state index in [-0.39, 0.29) is 30.6 Å². The molecule has 0 aromatic heterocycles. The average Bonchev–Trinajstić information content (AvgIpc) is 2.80. The summed E-state index contributed by atoms with van der Waals surface area (Å²) in [5, 5.41) is 5.94. The van der Waals surface area contributed by atoms with Gasteiger partial charge in [-0.15, -0.1) is 0 Å². The Balaban J connectivity index is 1.90. The first-order valence-electron chi connectivity index (χ1n) is 10.6. The number of fused-ring (bicyclic) bond motifs is 1. The second-order valence-electron chi connectivity index (χ2n) is 7.91. The maximum Gasteiger partial charge on any atom is 0.318 e. The molecule has 32 heavy (non-hydrogen) atoms. The molecule has 0 radical (unpaired) electrons. The van der Waals surface area contributed by atoms with E-state index >= 15 is 0 Å². The number of benzene rings is 2. The molecule has 8 heteroatoms. The normalized spacial score (nSPS) is 15.1. The Morgan fingerprint density at radius 1 is 1.06 bits per heavy atom. The van der Waals surface area contributed by atoms with Crippen LogP contribution in [0, 0.1) is 0 Å². The Morgan fingerprint density at radius 3 is 2.44 bits per heavy atom. The van der Waals surface area contributed by atoms with Gasteiger partial charge < -0.3 is 29.7 Å². The molecule has 172 valence electrons. The number of ether oxygens (including phenoxy) is 3. The smallest absolute Gasteiger partial charge is 0.318 e. The van der Waals surface area contributed by atoms with Crippen molar-refractivity contribution in [2.45, 2.75) is 32.4 Å². The van der Waals surface area contributed by atoms with E-state index in [1.54, 1.807) is 50.5 Å². The molecule has 2 aromatic carbocycles. The van der Waals surface area contributed by atoms with Crippen LogP contribution in [0.5, 0.6) is 17.2 Å². The average molecular weight is 442 g/mol. The van der Waals surface area contributed by atoms with E-state index in [9.17, 15) is 9.59 Å². The van der Waals surface area contributed by atoms with Crippen molar-refractivity contribution in [3.05, 3.63) is 53.1 Å². The molecular formula is C24H31N3O5. The number of urea groups is 1. The van der Waals surface area contributed by atoms with Gasteiger partial charge in [0, 0.05) is 24.7 Å². The van der Waals surface area contributed by atoms with E-state index < -0.39 is 0 Å². The largest absolute Gasteiger partial charge is 0.497 e. The Bertz CT molecular complexity index is 976. The number of nitrogens with zero attached hydrogens (tertiary/aromatic N) is 1. The molecule has 1 aliphatic heterocycles. The van der Waals surface area contributed by atoms with Crippen molar-refractivity contribution in [2.24, 2.45) is 0 Å². The van der Waals surface area contributed by atoms with Crippen LogP contribution in [0.4, 0.5) is 4.79 Å². The maximum atomic E-state index is 12.9. The molecular weight excluding hydrogens is 410 g/mol. The number of nitrogens with one attached hydrogen (secondary N) is 2. The highest BCUT2D eigenvalue weighted by molar-refractivity contribution is 5.94. The van der Waals surface area contributed by atoms with Gasteiger partial charge in [0.1, 0.15) is 5.75 Å². The van der Waals surface area contributed by atoms with Crippen LogP contribution in [-0.2, 0) is 6.42 Å². The molecule has 0 spiro atoms. The summed E-state index contributed by atoms with van der Waals surface area (Å²) in [5.41, 5.74) is 2.49. The van der Waals surface area contributed by atoms with Gasteiger partial charge in [-0.1, -0.05) is 6.07 Å². The highest BCUT2D eigenvalue weighted by Gasteiger charge is 2.32. The molecule has 0 fully saturated rings. The fourth-order valence-electron chi connectivity index (χ4n) is 3.88. The summed E-state index contributed by atoms with van der Waals surface area (Å²) in [4.78, 5) is 27.5. The minimum absolute atomic E-state index is 0.00123. The third kappa shape index (κ3) is 5.07.